The van der Waals surface area contributed by atoms with E-state index in [9.17, 15) is 0 Å². The molecule has 0 bridgehead atoms. The van der Waals surface area contributed by atoms with Crippen LogP contribution in [0.2, 0.25) is 0 Å². The first-order valence-corrected chi connectivity index (χ1v) is 9.51. The van der Waals surface area contributed by atoms with Gasteiger partial charge in [-0.3, -0.25) is 9.58 Å². The molecule has 0 aliphatic carbocycles. The first kappa shape index (κ1) is 15.8. The topological polar surface area (TPSA) is 60.0 Å². The summed E-state index contributed by atoms with van der Waals surface area (Å²) in [6.07, 6.45) is 5.45. The Hall–Kier alpha value is -2.47. The van der Waals surface area contributed by atoms with E-state index in [4.69, 9.17) is 9.51 Å². The number of hydrogen-bond acceptors (Lipinski definition) is 5. The lowest BCUT2D eigenvalue weighted by Crippen LogP contribution is -2.27. The fourth-order valence-corrected chi connectivity index (χ4v) is 4.59. The van der Waals surface area contributed by atoms with Gasteiger partial charge in [-0.1, -0.05) is 35.5 Å². The second-order valence-electron chi connectivity index (χ2n) is 7.23. The maximum atomic E-state index is 5.55. The van der Waals surface area contributed by atoms with Crippen molar-refractivity contribution < 1.29 is 4.52 Å². The summed E-state index contributed by atoms with van der Waals surface area (Å²) in [6.45, 7) is 4.05. The Bertz CT molecular complexity index is 887. The van der Waals surface area contributed by atoms with E-state index in [1.54, 1.807) is 0 Å². The molecule has 6 nitrogen and oxygen atoms in total. The molecule has 2 aromatic heterocycles. The third-order valence-corrected chi connectivity index (χ3v) is 5.83. The van der Waals surface area contributed by atoms with Gasteiger partial charge in [0.05, 0.1) is 0 Å². The fourth-order valence-electron chi connectivity index (χ4n) is 4.59. The lowest BCUT2D eigenvalue weighted by molar-refractivity contribution is 0.243. The summed E-state index contributed by atoms with van der Waals surface area (Å²) in [5, 5.41) is 8.81. The molecule has 134 valence electrons. The molecule has 0 amide bonds. The molecule has 2 aliphatic heterocycles. The quantitative estimate of drug-likeness (QED) is 0.719. The van der Waals surface area contributed by atoms with Crippen LogP contribution >= 0.6 is 0 Å². The molecular formula is C20H23N5O. The molecule has 3 atom stereocenters. The SMILES string of the molecule is CCn1ccc(-c2nc([C@@H]3C[C@H](c4ccccc4)N4CCC[C@@H]34)no2)n1. The van der Waals surface area contributed by atoms with Crippen LogP contribution in [0.3, 0.4) is 0 Å². The number of nitrogens with zero attached hydrogens (tertiary/aromatic N) is 5. The summed E-state index contributed by atoms with van der Waals surface area (Å²) in [7, 11) is 0. The molecule has 0 saturated carbocycles. The van der Waals surface area contributed by atoms with E-state index in [-0.39, 0.29) is 0 Å². The minimum atomic E-state index is 0.327. The van der Waals surface area contributed by atoms with E-state index in [2.05, 4.69) is 52.4 Å². The zero-order chi connectivity index (χ0) is 17.5. The summed E-state index contributed by atoms with van der Waals surface area (Å²) in [5.41, 5.74) is 2.15. The van der Waals surface area contributed by atoms with Crippen LogP contribution in [-0.2, 0) is 6.54 Å². The molecule has 5 rings (SSSR count). The highest BCUT2D eigenvalue weighted by atomic mass is 16.5. The second-order valence-corrected chi connectivity index (χ2v) is 7.23. The Labute approximate surface area is 152 Å². The lowest BCUT2D eigenvalue weighted by atomic mass is 9.94. The highest BCUT2D eigenvalue weighted by Gasteiger charge is 2.46. The molecule has 0 radical (unpaired) electrons. The highest BCUT2D eigenvalue weighted by Crippen LogP contribution is 2.48. The summed E-state index contributed by atoms with van der Waals surface area (Å²) in [4.78, 5) is 7.36. The van der Waals surface area contributed by atoms with Crippen molar-refractivity contribution in [2.24, 2.45) is 0 Å². The van der Waals surface area contributed by atoms with Crippen molar-refractivity contribution in [3.05, 3.63) is 54.0 Å². The third-order valence-electron chi connectivity index (χ3n) is 5.83. The van der Waals surface area contributed by atoms with Gasteiger partial charge in [-0.25, -0.2) is 0 Å². The molecule has 26 heavy (non-hydrogen) atoms. The van der Waals surface area contributed by atoms with Crippen molar-refractivity contribution in [1.29, 1.82) is 0 Å². The summed E-state index contributed by atoms with van der Waals surface area (Å²) < 4.78 is 7.43. The zero-order valence-corrected chi connectivity index (χ0v) is 15.0. The number of aromatic nitrogens is 4. The number of hydrogen-bond donors (Lipinski definition) is 0. The number of aryl methyl sites for hydroxylation is 1. The monoisotopic (exact) mass is 349 g/mol. The largest absolute Gasteiger partial charge is 0.332 e. The molecule has 2 saturated heterocycles. The Kier molecular flexibility index (Phi) is 3.85. The maximum Gasteiger partial charge on any atom is 0.278 e. The van der Waals surface area contributed by atoms with Crippen LogP contribution in [0.4, 0.5) is 0 Å². The molecule has 2 fully saturated rings. The van der Waals surface area contributed by atoms with Crippen LogP contribution < -0.4 is 0 Å². The Morgan fingerprint density at radius 2 is 2.08 bits per heavy atom. The predicted octanol–water partition coefficient (Wildman–Crippen LogP) is 3.65. The molecule has 3 aromatic rings. The lowest BCUT2D eigenvalue weighted by Gasteiger charge is -2.24. The highest BCUT2D eigenvalue weighted by molar-refractivity contribution is 5.45. The van der Waals surface area contributed by atoms with E-state index >= 15 is 0 Å². The second kappa shape index (κ2) is 6.36. The smallest absolute Gasteiger partial charge is 0.278 e. The summed E-state index contributed by atoms with van der Waals surface area (Å²) >= 11 is 0. The van der Waals surface area contributed by atoms with Crippen molar-refractivity contribution in [1.82, 2.24) is 24.8 Å². The maximum absolute atomic E-state index is 5.55. The van der Waals surface area contributed by atoms with Crippen molar-refractivity contribution in [3.63, 3.8) is 0 Å². The molecule has 4 heterocycles. The van der Waals surface area contributed by atoms with Gasteiger partial charge in [-0.15, -0.1) is 0 Å². The van der Waals surface area contributed by atoms with Crippen molar-refractivity contribution in [3.8, 4) is 11.6 Å². The zero-order valence-electron chi connectivity index (χ0n) is 15.0. The van der Waals surface area contributed by atoms with Crippen LogP contribution in [0, 0.1) is 0 Å². The van der Waals surface area contributed by atoms with Gasteiger partial charge < -0.3 is 4.52 Å². The molecule has 0 unspecified atom stereocenters. The molecule has 0 spiro atoms. The van der Waals surface area contributed by atoms with Gasteiger partial charge in [0.15, 0.2) is 11.5 Å². The average molecular weight is 349 g/mol. The third kappa shape index (κ3) is 2.56. The van der Waals surface area contributed by atoms with Crippen LogP contribution in [0.25, 0.3) is 11.6 Å². The van der Waals surface area contributed by atoms with E-state index in [0.717, 1.165) is 31.0 Å². The van der Waals surface area contributed by atoms with Crippen LogP contribution in [0.5, 0.6) is 0 Å². The van der Waals surface area contributed by atoms with Crippen LogP contribution in [0.1, 0.15) is 49.5 Å². The molecular weight excluding hydrogens is 326 g/mol. The number of benzene rings is 1. The van der Waals surface area contributed by atoms with Gasteiger partial charge in [-0.2, -0.15) is 10.1 Å². The normalized spacial score (nSPS) is 25.7. The number of rotatable bonds is 4. The van der Waals surface area contributed by atoms with Gasteiger partial charge in [0, 0.05) is 30.7 Å². The summed E-state index contributed by atoms with van der Waals surface area (Å²) in [5.74, 6) is 1.69. The van der Waals surface area contributed by atoms with Crippen molar-refractivity contribution >= 4 is 0 Å². The van der Waals surface area contributed by atoms with Crippen molar-refractivity contribution in [2.45, 2.75) is 50.7 Å². The Morgan fingerprint density at radius 3 is 2.88 bits per heavy atom. The minimum absolute atomic E-state index is 0.327. The number of fused-ring (bicyclic) bond motifs is 1. The average Bonchev–Trinajstić information content (AvgIpc) is 3.44. The predicted molar refractivity (Wildman–Crippen MR) is 97.5 cm³/mol. The van der Waals surface area contributed by atoms with E-state index in [1.165, 1.54) is 18.4 Å². The molecule has 1 aromatic carbocycles. The van der Waals surface area contributed by atoms with E-state index in [0.29, 0.717) is 23.9 Å². The molecule has 2 aliphatic rings. The van der Waals surface area contributed by atoms with Gasteiger partial charge >= 0.3 is 0 Å². The Balaban J connectivity index is 1.43. The van der Waals surface area contributed by atoms with Gasteiger partial charge in [-0.05, 0) is 44.4 Å². The van der Waals surface area contributed by atoms with E-state index < -0.39 is 0 Å². The van der Waals surface area contributed by atoms with Gasteiger partial charge in [0.2, 0.25) is 0 Å². The fraction of sp³-hybridized carbons (Fsp3) is 0.450. The molecule has 0 N–H and O–H groups in total. The first-order chi connectivity index (χ1) is 12.8. The van der Waals surface area contributed by atoms with Crippen LogP contribution in [-0.4, -0.2) is 37.4 Å². The van der Waals surface area contributed by atoms with Crippen LogP contribution in [0.15, 0.2) is 47.1 Å². The van der Waals surface area contributed by atoms with Gasteiger partial charge in [0.1, 0.15) is 0 Å². The Morgan fingerprint density at radius 1 is 1.19 bits per heavy atom. The van der Waals surface area contributed by atoms with Crippen molar-refractivity contribution in [2.75, 3.05) is 6.54 Å². The minimum Gasteiger partial charge on any atom is -0.332 e. The molecule has 6 heteroatoms. The van der Waals surface area contributed by atoms with E-state index in [1.807, 2.05) is 16.9 Å². The first-order valence-electron chi connectivity index (χ1n) is 9.51. The summed E-state index contributed by atoms with van der Waals surface area (Å²) in [6, 6.07) is 13.7. The standard InChI is InChI=1S/C20H23N5O/c1-2-24-12-10-16(22-24)20-21-19(23-26-20)15-13-18(14-7-4-3-5-8-14)25-11-6-9-17(15)25/h3-5,7-8,10,12,15,17-18H,2,6,9,11,13H2,1H3/t15-,17+,18-/m1/s1. The van der Waals surface area contributed by atoms with Gasteiger partial charge in [0.25, 0.3) is 5.89 Å².